The first-order chi connectivity index (χ1) is 8.19. The fraction of sp³-hybridized carbons (Fsp3) is 0.583. The molecule has 0 unspecified atom stereocenters. The maximum absolute atomic E-state index is 12.1. The average Bonchev–Trinajstić information content (AvgIpc) is 2.60. The number of hydrogen-bond acceptors (Lipinski definition) is 3. The van der Waals surface area contributed by atoms with Crippen LogP contribution in [0.15, 0.2) is 15.2 Å². The summed E-state index contributed by atoms with van der Waals surface area (Å²) in [7, 11) is -1.19. The van der Waals surface area contributed by atoms with Crippen LogP contribution < -0.4 is 5.32 Å². The van der Waals surface area contributed by atoms with Crippen LogP contribution in [0.25, 0.3) is 0 Å². The molecule has 18 heavy (non-hydrogen) atoms. The van der Waals surface area contributed by atoms with Crippen LogP contribution in [0.5, 0.6) is 0 Å². The summed E-state index contributed by atoms with van der Waals surface area (Å²) >= 11 is 4.93. The number of hydrogen-bond donors (Lipinski definition) is 1. The van der Waals surface area contributed by atoms with Gasteiger partial charge in [0.1, 0.15) is 5.25 Å². The number of halogens is 1. The Morgan fingerprint density at radius 3 is 2.61 bits per heavy atom. The highest BCUT2D eigenvalue weighted by Crippen LogP contribution is 2.22. The predicted octanol–water partition coefficient (Wildman–Crippen LogP) is 3.06. The summed E-state index contributed by atoms with van der Waals surface area (Å²) in [6.45, 7) is 7.45. The van der Waals surface area contributed by atoms with Crippen molar-refractivity contribution >= 4 is 44.0 Å². The number of carbonyl (C=O) groups excluding carboxylic acids is 1. The molecule has 2 atom stereocenters. The van der Waals surface area contributed by atoms with Gasteiger partial charge in [-0.3, -0.25) is 9.00 Å². The quantitative estimate of drug-likeness (QED) is 0.905. The largest absolute Gasteiger partial charge is 0.350 e. The van der Waals surface area contributed by atoms with Crippen LogP contribution in [0.3, 0.4) is 0 Å². The Labute approximate surface area is 123 Å². The van der Waals surface area contributed by atoms with E-state index in [1.54, 1.807) is 18.3 Å². The molecule has 1 N–H and O–H groups in total. The number of thiophene rings is 1. The Balaban J connectivity index is 2.59. The third-order valence-corrected chi connectivity index (χ3v) is 5.37. The van der Waals surface area contributed by atoms with Crippen molar-refractivity contribution in [1.29, 1.82) is 0 Å². The Hall–Kier alpha value is -0.200. The summed E-state index contributed by atoms with van der Waals surface area (Å²) in [6, 6.07) is 1.94. The zero-order chi connectivity index (χ0) is 13.9. The van der Waals surface area contributed by atoms with Crippen molar-refractivity contribution in [2.75, 3.05) is 0 Å². The molecule has 0 radical (unpaired) electrons. The Morgan fingerprint density at radius 1 is 1.56 bits per heavy atom. The molecule has 0 aromatic carbocycles. The van der Waals surface area contributed by atoms with Crippen molar-refractivity contribution < 1.29 is 9.00 Å². The average molecular weight is 352 g/mol. The summed E-state index contributed by atoms with van der Waals surface area (Å²) in [4.78, 5) is 11.9. The van der Waals surface area contributed by atoms with E-state index in [0.29, 0.717) is 5.75 Å². The van der Waals surface area contributed by atoms with Crippen molar-refractivity contribution in [2.45, 2.75) is 44.2 Å². The van der Waals surface area contributed by atoms with Gasteiger partial charge in [0, 0.05) is 16.3 Å². The van der Waals surface area contributed by atoms with Crippen molar-refractivity contribution in [3.8, 4) is 0 Å². The monoisotopic (exact) mass is 351 g/mol. The maximum Gasteiger partial charge on any atom is 0.235 e. The topological polar surface area (TPSA) is 46.2 Å². The zero-order valence-corrected chi connectivity index (χ0v) is 14.2. The van der Waals surface area contributed by atoms with Gasteiger partial charge in [-0.25, -0.2) is 0 Å². The molecule has 0 spiro atoms. The molecule has 0 aliphatic rings. The van der Waals surface area contributed by atoms with Crippen LogP contribution in [0, 0.1) is 0 Å². The molecule has 3 nitrogen and oxygen atoms in total. The van der Waals surface area contributed by atoms with Gasteiger partial charge < -0.3 is 5.32 Å². The number of carbonyl (C=O) groups is 1. The first-order valence-electron chi connectivity index (χ1n) is 5.61. The minimum absolute atomic E-state index is 0.157. The lowest BCUT2D eigenvalue weighted by Crippen LogP contribution is -2.46. The Kier molecular flexibility index (Phi) is 5.55. The lowest BCUT2D eigenvalue weighted by molar-refractivity contribution is -0.121. The van der Waals surface area contributed by atoms with Crippen LogP contribution >= 0.6 is 27.3 Å². The van der Waals surface area contributed by atoms with E-state index in [0.717, 1.165) is 9.35 Å². The SMILES string of the molecule is C[C@H](C(=O)NC(C)(C)C)[S@@](=O)Cc1csc(Br)c1. The van der Waals surface area contributed by atoms with Gasteiger partial charge in [-0.2, -0.15) is 0 Å². The van der Waals surface area contributed by atoms with E-state index in [1.165, 1.54) is 0 Å². The van der Waals surface area contributed by atoms with Crippen LogP contribution in [0.1, 0.15) is 33.3 Å². The minimum atomic E-state index is -1.19. The van der Waals surface area contributed by atoms with Crippen molar-refractivity contribution in [1.82, 2.24) is 5.32 Å². The van der Waals surface area contributed by atoms with Crippen LogP contribution in [-0.2, 0) is 21.3 Å². The lowest BCUT2D eigenvalue weighted by atomic mass is 10.1. The van der Waals surface area contributed by atoms with Gasteiger partial charge in [0.15, 0.2) is 0 Å². The summed E-state index contributed by atoms with van der Waals surface area (Å²) in [6.07, 6.45) is 0. The number of amides is 1. The molecule has 1 heterocycles. The highest BCUT2D eigenvalue weighted by atomic mass is 79.9. The summed E-state index contributed by atoms with van der Waals surface area (Å²) in [5.41, 5.74) is 0.710. The van der Waals surface area contributed by atoms with E-state index in [-0.39, 0.29) is 11.4 Å². The summed E-state index contributed by atoms with van der Waals surface area (Å²) in [5, 5.41) is 4.31. The number of nitrogens with one attached hydrogen (secondary N) is 1. The summed E-state index contributed by atoms with van der Waals surface area (Å²) < 4.78 is 13.1. The van der Waals surface area contributed by atoms with E-state index in [1.807, 2.05) is 32.2 Å². The normalized spacial score (nSPS) is 15.2. The van der Waals surface area contributed by atoms with E-state index in [9.17, 15) is 9.00 Å². The van der Waals surface area contributed by atoms with E-state index in [2.05, 4.69) is 21.2 Å². The van der Waals surface area contributed by atoms with Crippen molar-refractivity contribution in [2.24, 2.45) is 0 Å². The highest BCUT2D eigenvalue weighted by molar-refractivity contribution is 9.11. The molecule has 1 aromatic heterocycles. The number of rotatable bonds is 4. The molecule has 6 heteroatoms. The molecule has 0 aliphatic carbocycles. The van der Waals surface area contributed by atoms with Crippen molar-refractivity contribution in [3.63, 3.8) is 0 Å². The third-order valence-electron chi connectivity index (χ3n) is 2.19. The van der Waals surface area contributed by atoms with Gasteiger partial charge in [0.25, 0.3) is 0 Å². The molecule has 0 aliphatic heterocycles. The molecule has 0 bridgehead atoms. The van der Waals surface area contributed by atoms with Gasteiger partial charge in [-0.15, -0.1) is 11.3 Å². The Morgan fingerprint density at radius 2 is 2.17 bits per heavy atom. The molecular formula is C12H18BrNO2S2. The van der Waals surface area contributed by atoms with Crippen LogP contribution in [-0.4, -0.2) is 20.9 Å². The first kappa shape index (κ1) is 15.9. The second-order valence-corrected chi connectivity index (χ2v) is 9.21. The molecule has 1 aromatic rings. The van der Waals surface area contributed by atoms with Crippen LogP contribution in [0.4, 0.5) is 0 Å². The van der Waals surface area contributed by atoms with E-state index >= 15 is 0 Å². The minimum Gasteiger partial charge on any atom is -0.350 e. The first-order valence-corrected chi connectivity index (χ1v) is 8.66. The molecule has 102 valence electrons. The zero-order valence-electron chi connectivity index (χ0n) is 11.0. The molecule has 1 rings (SSSR count). The van der Waals surface area contributed by atoms with Gasteiger partial charge in [-0.05, 0) is 60.6 Å². The summed E-state index contributed by atoms with van der Waals surface area (Å²) in [5.74, 6) is 0.260. The fourth-order valence-corrected chi connectivity index (χ4v) is 3.66. The van der Waals surface area contributed by atoms with Crippen LogP contribution in [0.2, 0.25) is 0 Å². The fourth-order valence-electron chi connectivity index (χ4n) is 1.30. The molecule has 1 amide bonds. The molecule has 0 saturated carbocycles. The molecular weight excluding hydrogens is 334 g/mol. The lowest BCUT2D eigenvalue weighted by Gasteiger charge is -2.22. The van der Waals surface area contributed by atoms with Gasteiger partial charge in [-0.1, -0.05) is 0 Å². The molecule has 0 fully saturated rings. The van der Waals surface area contributed by atoms with E-state index < -0.39 is 16.0 Å². The highest BCUT2D eigenvalue weighted by Gasteiger charge is 2.24. The third kappa shape index (κ3) is 5.20. The second kappa shape index (κ2) is 6.30. The smallest absolute Gasteiger partial charge is 0.235 e. The Bertz CT molecular complexity index is 451. The van der Waals surface area contributed by atoms with E-state index in [4.69, 9.17) is 0 Å². The van der Waals surface area contributed by atoms with Gasteiger partial charge in [0.05, 0.1) is 9.54 Å². The second-order valence-electron chi connectivity index (χ2n) is 5.17. The van der Waals surface area contributed by atoms with Gasteiger partial charge >= 0.3 is 0 Å². The van der Waals surface area contributed by atoms with Gasteiger partial charge in [0.2, 0.25) is 5.91 Å². The predicted molar refractivity (Wildman–Crippen MR) is 81.2 cm³/mol. The standard InChI is InChI=1S/C12H18BrNO2S2/c1-8(11(15)14-12(2,3)4)18(16)7-9-5-10(13)17-6-9/h5-6,8H,7H2,1-4H3,(H,14,15)/t8-,18+/m1/s1. The maximum atomic E-state index is 12.1. The molecule has 0 saturated heterocycles. The van der Waals surface area contributed by atoms with Crippen molar-refractivity contribution in [3.05, 3.63) is 20.8 Å².